The van der Waals surface area contributed by atoms with E-state index in [1.807, 2.05) is 0 Å². The van der Waals surface area contributed by atoms with E-state index in [1.54, 1.807) is 31.3 Å². The van der Waals surface area contributed by atoms with Gasteiger partial charge in [-0.25, -0.2) is 0 Å². The van der Waals surface area contributed by atoms with Crippen LogP contribution in [0.5, 0.6) is 0 Å². The lowest BCUT2D eigenvalue weighted by Gasteiger charge is -2.31. The van der Waals surface area contributed by atoms with Crippen molar-refractivity contribution >= 4 is 0 Å². The Labute approximate surface area is 98.4 Å². The molecule has 17 heavy (non-hydrogen) atoms. The number of likely N-dealkylation sites (N-methyl/N-ethyl adjacent to an activating group) is 1. The number of halogens is 3. The van der Waals surface area contributed by atoms with E-state index in [-0.39, 0.29) is 0 Å². The van der Waals surface area contributed by atoms with Crippen LogP contribution in [-0.4, -0.2) is 35.7 Å². The molecule has 0 radical (unpaired) electrons. The van der Waals surface area contributed by atoms with Gasteiger partial charge in [0, 0.05) is 12.2 Å². The average molecular weight is 247 g/mol. The van der Waals surface area contributed by atoms with E-state index in [0.717, 1.165) is 0 Å². The summed E-state index contributed by atoms with van der Waals surface area (Å²) in [7, 11) is 1.40. The maximum absolute atomic E-state index is 12.3. The Kier molecular flexibility index (Phi) is 4.47. The van der Waals surface area contributed by atoms with Gasteiger partial charge in [-0.1, -0.05) is 6.07 Å². The highest BCUT2D eigenvalue weighted by molar-refractivity contribution is 5.11. The number of rotatable bonds is 4. The van der Waals surface area contributed by atoms with Gasteiger partial charge in [0.15, 0.2) is 0 Å². The van der Waals surface area contributed by atoms with Gasteiger partial charge in [0.2, 0.25) is 0 Å². The van der Waals surface area contributed by atoms with Crippen molar-refractivity contribution < 1.29 is 13.2 Å². The molecule has 3 nitrogen and oxygen atoms in total. The zero-order valence-corrected chi connectivity index (χ0v) is 9.78. The number of nitrogens with zero attached hydrogens (tertiary/aromatic N) is 2. The molecule has 0 fully saturated rings. The SMILES string of the molecule is CC(N)C(c1ccccn1)N(C)CC(F)(F)F. The van der Waals surface area contributed by atoms with Gasteiger partial charge < -0.3 is 5.73 Å². The smallest absolute Gasteiger partial charge is 0.326 e. The molecule has 0 saturated heterocycles. The minimum Gasteiger partial charge on any atom is -0.326 e. The molecule has 0 aliphatic rings. The monoisotopic (exact) mass is 247 g/mol. The highest BCUT2D eigenvalue weighted by atomic mass is 19.4. The van der Waals surface area contributed by atoms with Crippen LogP contribution in [0.4, 0.5) is 13.2 Å². The van der Waals surface area contributed by atoms with Crippen LogP contribution in [0.25, 0.3) is 0 Å². The van der Waals surface area contributed by atoms with E-state index < -0.39 is 24.8 Å². The molecular formula is C11H16F3N3. The van der Waals surface area contributed by atoms with Gasteiger partial charge in [0.1, 0.15) is 0 Å². The number of pyridine rings is 1. The molecule has 2 N–H and O–H groups in total. The first-order valence-corrected chi connectivity index (χ1v) is 5.25. The molecule has 1 rings (SSSR count). The molecule has 2 unspecified atom stereocenters. The van der Waals surface area contributed by atoms with Gasteiger partial charge >= 0.3 is 6.18 Å². The highest BCUT2D eigenvalue weighted by Crippen LogP contribution is 2.24. The van der Waals surface area contributed by atoms with Crippen LogP contribution in [0.3, 0.4) is 0 Å². The lowest BCUT2D eigenvalue weighted by molar-refractivity contribution is -0.148. The van der Waals surface area contributed by atoms with Crippen molar-refractivity contribution in [2.45, 2.75) is 25.2 Å². The molecule has 0 aliphatic carbocycles. The minimum atomic E-state index is -4.24. The largest absolute Gasteiger partial charge is 0.401 e. The third-order valence-electron chi connectivity index (χ3n) is 2.39. The van der Waals surface area contributed by atoms with Gasteiger partial charge in [-0.3, -0.25) is 9.88 Å². The van der Waals surface area contributed by atoms with Crippen LogP contribution in [0.1, 0.15) is 18.7 Å². The molecule has 1 aromatic rings. The van der Waals surface area contributed by atoms with Crippen molar-refractivity contribution in [3.8, 4) is 0 Å². The van der Waals surface area contributed by atoms with Crippen molar-refractivity contribution in [2.24, 2.45) is 5.73 Å². The quantitative estimate of drug-likeness (QED) is 0.884. The van der Waals surface area contributed by atoms with Crippen molar-refractivity contribution in [1.82, 2.24) is 9.88 Å². The first kappa shape index (κ1) is 13.9. The minimum absolute atomic E-state index is 0.433. The molecule has 0 aliphatic heterocycles. The first-order valence-electron chi connectivity index (χ1n) is 5.25. The predicted octanol–water partition coefficient (Wildman–Crippen LogP) is 1.96. The normalized spacial score (nSPS) is 15.9. The summed E-state index contributed by atoms with van der Waals surface area (Å²) in [6.45, 7) is 0.669. The maximum Gasteiger partial charge on any atom is 0.401 e. The lowest BCUT2D eigenvalue weighted by atomic mass is 10.0. The molecule has 0 saturated carbocycles. The van der Waals surface area contributed by atoms with Crippen molar-refractivity contribution in [3.63, 3.8) is 0 Å². The van der Waals surface area contributed by atoms with E-state index in [1.165, 1.54) is 11.9 Å². The Balaban J connectivity index is 2.87. The number of hydrogen-bond acceptors (Lipinski definition) is 3. The van der Waals surface area contributed by atoms with Crippen LogP contribution >= 0.6 is 0 Å². The predicted molar refractivity (Wildman–Crippen MR) is 59.3 cm³/mol. The summed E-state index contributed by atoms with van der Waals surface area (Å²) < 4.78 is 37.0. The van der Waals surface area contributed by atoms with Crippen LogP contribution in [0.15, 0.2) is 24.4 Å². The Morgan fingerprint density at radius 2 is 2.06 bits per heavy atom. The Hall–Kier alpha value is -1.14. The van der Waals surface area contributed by atoms with Gasteiger partial charge in [0.25, 0.3) is 0 Å². The fourth-order valence-corrected chi connectivity index (χ4v) is 1.83. The van der Waals surface area contributed by atoms with E-state index in [9.17, 15) is 13.2 Å². The Bertz CT molecular complexity index is 338. The van der Waals surface area contributed by atoms with E-state index in [2.05, 4.69) is 4.98 Å². The molecule has 0 spiro atoms. The fourth-order valence-electron chi connectivity index (χ4n) is 1.83. The zero-order chi connectivity index (χ0) is 13.1. The van der Waals surface area contributed by atoms with Crippen molar-refractivity contribution in [2.75, 3.05) is 13.6 Å². The van der Waals surface area contributed by atoms with Gasteiger partial charge in [0.05, 0.1) is 18.3 Å². The molecule has 6 heteroatoms. The maximum atomic E-state index is 12.3. The summed E-state index contributed by atoms with van der Waals surface area (Å²) in [5, 5.41) is 0. The number of aromatic nitrogens is 1. The molecule has 1 aromatic heterocycles. The van der Waals surface area contributed by atoms with Gasteiger partial charge in [-0.15, -0.1) is 0 Å². The second-order valence-corrected chi connectivity index (χ2v) is 4.09. The van der Waals surface area contributed by atoms with E-state index in [0.29, 0.717) is 5.69 Å². The van der Waals surface area contributed by atoms with Crippen LogP contribution in [0.2, 0.25) is 0 Å². The second-order valence-electron chi connectivity index (χ2n) is 4.09. The molecule has 96 valence electrons. The van der Waals surface area contributed by atoms with Crippen LogP contribution in [0, 0.1) is 0 Å². The first-order chi connectivity index (χ1) is 7.81. The van der Waals surface area contributed by atoms with Crippen molar-refractivity contribution in [3.05, 3.63) is 30.1 Å². The van der Waals surface area contributed by atoms with Crippen LogP contribution in [-0.2, 0) is 0 Å². The van der Waals surface area contributed by atoms with Crippen molar-refractivity contribution in [1.29, 1.82) is 0 Å². The van der Waals surface area contributed by atoms with E-state index in [4.69, 9.17) is 5.73 Å². The summed E-state index contributed by atoms with van der Waals surface area (Å²) in [6, 6.07) is 4.15. The van der Waals surface area contributed by atoms with Crippen LogP contribution < -0.4 is 5.73 Å². The summed E-state index contributed by atoms with van der Waals surface area (Å²) >= 11 is 0. The lowest BCUT2D eigenvalue weighted by Crippen LogP contribution is -2.42. The fraction of sp³-hybridized carbons (Fsp3) is 0.545. The standard InChI is InChI=1S/C11H16F3N3/c1-8(15)10(9-5-3-4-6-16-9)17(2)7-11(12,13)14/h3-6,8,10H,7,15H2,1-2H3. The molecule has 0 bridgehead atoms. The summed E-state index contributed by atoms with van der Waals surface area (Å²) in [5.74, 6) is 0. The van der Waals surface area contributed by atoms with Gasteiger partial charge in [-0.05, 0) is 26.1 Å². The third kappa shape index (κ3) is 4.32. The van der Waals surface area contributed by atoms with E-state index >= 15 is 0 Å². The summed E-state index contributed by atoms with van der Waals surface area (Å²) in [6.07, 6.45) is -2.69. The molecular weight excluding hydrogens is 231 g/mol. The highest BCUT2D eigenvalue weighted by Gasteiger charge is 2.34. The summed E-state index contributed by atoms with van der Waals surface area (Å²) in [4.78, 5) is 5.24. The zero-order valence-electron chi connectivity index (χ0n) is 9.78. The molecule has 2 atom stereocenters. The molecule has 0 amide bonds. The number of nitrogens with two attached hydrogens (primary N) is 1. The Morgan fingerprint density at radius 3 is 2.47 bits per heavy atom. The second kappa shape index (κ2) is 5.46. The number of hydrogen-bond donors (Lipinski definition) is 1. The topological polar surface area (TPSA) is 42.1 Å². The molecule has 0 aromatic carbocycles. The third-order valence-corrected chi connectivity index (χ3v) is 2.39. The van der Waals surface area contributed by atoms with Gasteiger partial charge in [-0.2, -0.15) is 13.2 Å². The average Bonchev–Trinajstić information content (AvgIpc) is 2.15. The summed E-state index contributed by atoms with van der Waals surface area (Å²) in [5.41, 5.74) is 6.29. The molecule has 1 heterocycles. The Morgan fingerprint density at radius 1 is 1.41 bits per heavy atom. The number of alkyl halides is 3.